The minimum absolute atomic E-state index is 0. The third kappa shape index (κ3) is 5.85. The summed E-state index contributed by atoms with van der Waals surface area (Å²) in [5.41, 5.74) is 6.27. The fourth-order valence-electron chi connectivity index (χ4n) is 1.13. The topological polar surface area (TPSA) is 101 Å². The van der Waals surface area contributed by atoms with Gasteiger partial charge >= 0.3 is 0 Å². The normalized spacial score (nSPS) is 12.2. The summed E-state index contributed by atoms with van der Waals surface area (Å²) in [4.78, 5) is 11.3. The van der Waals surface area contributed by atoms with E-state index >= 15 is 0 Å². The average molecular weight is 294 g/mol. The smallest absolute Gasteiger partial charge is 0.240 e. The van der Waals surface area contributed by atoms with Crippen LogP contribution in [0.2, 0.25) is 0 Å². The van der Waals surface area contributed by atoms with Crippen molar-refractivity contribution in [3.8, 4) is 0 Å². The number of rotatable bonds is 4. The molecule has 8 heteroatoms. The van der Waals surface area contributed by atoms with E-state index < -0.39 is 16.1 Å². The summed E-state index contributed by atoms with van der Waals surface area (Å²) in [5, 5.41) is 2.57. The Morgan fingerprint density at radius 3 is 2.39 bits per heavy atom. The van der Waals surface area contributed by atoms with Crippen molar-refractivity contribution in [1.82, 2.24) is 0 Å². The number of hydrogen-bond donors (Lipinski definition) is 3. The lowest BCUT2D eigenvalue weighted by Gasteiger charge is -2.09. The summed E-state index contributed by atoms with van der Waals surface area (Å²) in [6, 6.07) is 5.75. The van der Waals surface area contributed by atoms with Crippen molar-refractivity contribution >= 4 is 39.7 Å². The standard InChI is InChI=1S/C10H15N3O3S.ClH/c1-7(11)10(14)12-8-4-3-5-9(6-8)13-17(2,15)16;/h3-7,13H,11H2,1-2H3,(H,12,14);1H/t7-;/m0./s1. The second kappa shape index (κ2) is 6.58. The molecule has 0 aromatic heterocycles. The summed E-state index contributed by atoms with van der Waals surface area (Å²) >= 11 is 0. The van der Waals surface area contributed by atoms with E-state index in [-0.39, 0.29) is 18.3 Å². The van der Waals surface area contributed by atoms with Gasteiger partial charge in [0.2, 0.25) is 15.9 Å². The molecule has 0 saturated heterocycles. The largest absolute Gasteiger partial charge is 0.325 e. The Hall–Kier alpha value is -1.31. The maximum absolute atomic E-state index is 11.3. The Kier molecular flexibility index (Phi) is 6.10. The van der Waals surface area contributed by atoms with Crippen molar-refractivity contribution in [2.75, 3.05) is 16.3 Å². The Balaban J connectivity index is 0.00000289. The number of anilines is 2. The van der Waals surface area contributed by atoms with Gasteiger partial charge in [-0.3, -0.25) is 9.52 Å². The van der Waals surface area contributed by atoms with Gasteiger partial charge in [0.25, 0.3) is 0 Å². The van der Waals surface area contributed by atoms with E-state index in [1.165, 1.54) is 6.07 Å². The second-order valence-corrected chi connectivity index (χ2v) is 5.48. The minimum Gasteiger partial charge on any atom is -0.325 e. The Morgan fingerprint density at radius 1 is 1.33 bits per heavy atom. The van der Waals surface area contributed by atoms with Crippen LogP contribution in [0.4, 0.5) is 11.4 Å². The molecule has 0 aliphatic carbocycles. The van der Waals surface area contributed by atoms with Gasteiger partial charge in [-0.1, -0.05) is 6.07 Å². The van der Waals surface area contributed by atoms with Crippen LogP contribution >= 0.6 is 12.4 Å². The molecule has 0 fully saturated rings. The van der Waals surface area contributed by atoms with Crippen LogP contribution in [0.5, 0.6) is 0 Å². The van der Waals surface area contributed by atoms with Crippen molar-refractivity contribution in [3.63, 3.8) is 0 Å². The van der Waals surface area contributed by atoms with E-state index in [0.717, 1.165) is 6.26 Å². The number of benzene rings is 1. The number of halogens is 1. The molecule has 1 rings (SSSR count). The molecule has 6 nitrogen and oxygen atoms in total. The quantitative estimate of drug-likeness (QED) is 0.763. The maximum atomic E-state index is 11.3. The number of carbonyl (C=O) groups excluding carboxylic acids is 1. The molecule has 0 unspecified atom stereocenters. The Morgan fingerprint density at radius 2 is 1.89 bits per heavy atom. The number of nitrogens with two attached hydrogens (primary N) is 1. The SMILES string of the molecule is C[C@H](N)C(=O)Nc1cccc(NS(C)(=O)=O)c1.Cl. The summed E-state index contributed by atoms with van der Waals surface area (Å²) < 4.78 is 24.4. The van der Waals surface area contributed by atoms with Crippen molar-refractivity contribution in [1.29, 1.82) is 0 Å². The van der Waals surface area contributed by atoms with Crippen LogP contribution in [0.3, 0.4) is 0 Å². The zero-order chi connectivity index (χ0) is 13.1. The average Bonchev–Trinajstić information content (AvgIpc) is 2.15. The number of amides is 1. The van der Waals surface area contributed by atoms with Gasteiger partial charge in [-0.2, -0.15) is 0 Å². The third-order valence-electron chi connectivity index (χ3n) is 1.85. The minimum atomic E-state index is -3.33. The lowest BCUT2D eigenvalue weighted by molar-refractivity contribution is -0.117. The van der Waals surface area contributed by atoms with Crippen LogP contribution in [0, 0.1) is 0 Å². The second-order valence-electron chi connectivity index (χ2n) is 3.73. The third-order valence-corrected chi connectivity index (χ3v) is 2.45. The number of sulfonamides is 1. The van der Waals surface area contributed by atoms with Crippen LogP contribution in [0.1, 0.15) is 6.92 Å². The number of hydrogen-bond acceptors (Lipinski definition) is 4. The molecule has 18 heavy (non-hydrogen) atoms. The molecule has 0 aliphatic rings. The Labute approximate surface area is 112 Å². The van der Waals surface area contributed by atoms with Crippen LogP contribution in [-0.4, -0.2) is 26.6 Å². The van der Waals surface area contributed by atoms with Gasteiger partial charge in [-0.15, -0.1) is 12.4 Å². The van der Waals surface area contributed by atoms with E-state index in [2.05, 4.69) is 10.0 Å². The van der Waals surface area contributed by atoms with Gasteiger partial charge in [0.05, 0.1) is 18.0 Å². The molecular weight excluding hydrogens is 278 g/mol. The molecule has 4 N–H and O–H groups in total. The molecule has 0 saturated carbocycles. The van der Waals surface area contributed by atoms with Gasteiger partial charge in [0.15, 0.2) is 0 Å². The highest BCUT2D eigenvalue weighted by atomic mass is 35.5. The predicted molar refractivity (Wildman–Crippen MR) is 74.4 cm³/mol. The fourth-order valence-corrected chi connectivity index (χ4v) is 1.69. The van der Waals surface area contributed by atoms with E-state index in [0.29, 0.717) is 11.4 Å². The molecule has 1 atom stereocenters. The first-order chi connectivity index (χ1) is 7.78. The highest BCUT2D eigenvalue weighted by Crippen LogP contribution is 2.16. The molecule has 1 aromatic carbocycles. The van der Waals surface area contributed by atoms with Crippen LogP contribution < -0.4 is 15.8 Å². The van der Waals surface area contributed by atoms with Gasteiger partial charge in [-0.05, 0) is 25.1 Å². The van der Waals surface area contributed by atoms with E-state index in [9.17, 15) is 13.2 Å². The number of carbonyl (C=O) groups is 1. The van der Waals surface area contributed by atoms with Gasteiger partial charge in [-0.25, -0.2) is 8.42 Å². The molecule has 1 aromatic rings. The van der Waals surface area contributed by atoms with Crippen LogP contribution in [0.25, 0.3) is 0 Å². The first-order valence-corrected chi connectivity index (χ1v) is 6.81. The molecule has 0 aliphatic heterocycles. The van der Waals surface area contributed by atoms with Gasteiger partial charge < -0.3 is 11.1 Å². The summed E-state index contributed by atoms with van der Waals surface area (Å²) in [7, 11) is -3.33. The lowest BCUT2D eigenvalue weighted by Crippen LogP contribution is -2.32. The molecule has 0 spiro atoms. The zero-order valence-corrected chi connectivity index (χ0v) is 11.6. The fraction of sp³-hybridized carbons (Fsp3) is 0.300. The first-order valence-electron chi connectivity index (χ1n) is 4.92. The van der Waals surface area contributed by atoms with E-state index in [4.69, 9.17) is 5.73 Å². The van der Waals surface area contributed by atoms with Crippen LogP contribution in [-0.2, 0) is 14.8 Å². The summed E-state index contributed by atoms with van der Waals surface area (Å²) in [6.07, 6.45) is 1.06. The van der Waals surface area contributed by atoms with E-state index in [1.807, 2.05) is 0 Å². The summed E-state index contributed by atoms with van der Waals surface area (Å²) in [6.45, 7) is 1.56. The zero-order valence-electron chi connectivity index (χ0n) is 10.0. The van der Waals surface area contributed by atoms with Gasteiger partial charge in [0.1, 0.15) is 0 Å². The molecule has 0 heterocycles. The molecular formula is C10H16ClN3O3S. The van der Waals surface area contributed by atoms with Crippen molar-refractivity contribution < 1.29 is 13.2 Å². The van der Waals surface area contributed by atoms with Crippen LogP contribution in [0.15, 0.2) is 24.3 Å². The molecule has 0 radical (unpaired) electrons. The number of nitrogens with one attached hydrogen (secondary N) is 2. The predicted octanol–water partition coefficient (Wildman–Crippen LogP) is 0.766. The highest BCUT2D eigenvalue weighted by Gasteiger charge is 2.08. The van der Waals surface area contributed by atoms with Crippen molar-refractivity contribution in [2.45, 2.75) is 13.0 Å². The highest BCUT2D eigenvalue weighted by molar-refractivity contribution is 7.92. The van der Waals surface area contributed by atoms with Gasteiger partial charge in [0, 0.05) is 5.69 Å². The Bertz CT molecular complexity index is 517. The molecule has 102 valence electrons. The van der Waals surface area contributed by atoms with E-state index in [1.54, 1.807) is 25.1 Å². The maximum Gasteiger partial charge on any atom is 0.240 e. The summed E-state index contributed by atoms with van der Waals surface area (Å²) in [5.74, 6) is -0.332. The lowest BCUT2D eigenvalue weighted by atomic mass is 10.2. The van der Waals surface area contributed by atoms with Crippen molar-refractivity contribution in [3.05, 3.63) is 24.3 Å². The van der Waals surface area contributed by atoms with Crippen molar-refractivity contribution in [2.24, 2.45) is 5.73 Å². The monoisotopic (exact) mass is 293 g/mol. The molecule has 1 amide bonds. The molecule has 0 bridgehead atoms. The first kappa shape index (κ1) is 16.7.